The summed E-state index contributed by atoms with van der Waals surface area (Å²) in [5, 5.41) is 29.8. The van der Waals surface area contributed by atoms with Gasteiger partial charge in [-0.2, -0.15) is 0 Å². The summed E-state index contributed by atoms with van der Waals surface area (Å²) in [4.78, 5) is 23.2. The SMILES string of the molecule is [2H][C@@](O)(CC[C@H]1[C@H](O)CC(=O)[C@@H]1CCCC[C@@H]1C[C@H]1C(=O)O)[C@H](C)CCCC. The molecule has 2 aliphatic rings. The first-order valence-corrected chi connectivity index (χ1v) is 10.8. The van der Waals surface area contributed by atoms with Gasteiger partial charge in [-0.1, -0.05) is 39.5 Å². The molecule has 5 nitrogen and oxygen atoms in total. The zero-order valence-electron chi connectivity index (χ0n) is 17.9. The lowest BCUT2D eigenvalue weighted by molar-refractivity contribution is -0.138. The number of hydrogen-bond acceptors (Lipinski definition) is 4. The lowest BCUT2D eigenvalue weighted by Gasteiger charge is -2.24. The molecule has 3 N–H and O–H groups in total. The van der Waals surface area contributed by atoms with Gasteiger partial charge in [0.25, 0.3) is 0 Å². The van der Waals surface area contributed by atoms with Gasteiger partial charge in [0.2, 0.25) is 0 Å². The Kier molecular flexibility index (Phi) is 8.13. The molecular formula is C22H38O5. The van der Waals surface area contributed by atoms with Crippen LogP contribution in [0.1, 0.15) is 85.8 Å². The van der Waals surface area contributed by atoms with E-state index in [0.717, 1.165) is 44.9 Å². The summed E-state index contributed by atoms with van der Waals surface area (Å²) in [7, 11) is 0. The van der Waals surface area contributed by atoms with Gasteiger partial charge < -0.3 is 15.3 Å². The van der Waals surface area contributed by atoms with Crippen LogP contribution in [-0.2, 0) is 9.59 Å². The minimum atomic E-state index is -1.51. The third-order valence-electron chi connectivity index (χ3n) is 6.71. The van der Waals surface area contributed by atoms with Gasteiger partial charge in [0.15, 0.2) is 0 Å². The van der Waals surface area contributed by atoms with Gasteiger partial charge in [-0.05, 0) is 56.3 Å². The summed E-state index contributed by atoms with van der Waals surface area (Å²) in [6.07, 6.45) is 5.78. The fraction of sp³-hybridized carbons (Fsp3) is 0.909. The summed E-state index contributed by atoms with van der Waals surface area (Å²) in [6.45, 7) is 3.99. The monoisotopic (exact) mass is 383 g/mol. The first-order chi connectivity index (χ1) is 13.2. The Morgan fingerprint density at radius 1 is 1.22 bits per heavy atom. The molecule has 0 spiro atoms. The van der Waals surface area contributed by atoms with E-state index in [1.807, 2.05) is 6.92 Å². The molecule has 0 aliphatic heterocycles. The quantitative estimate of drug-likeness (QED) is 0.421. The number of Topliss-reactive ketones (excluding diaryl/α,β-unsaturated/α-hetero) is 1. The summed E-state index contributed by atoms with van der Waals surface area (Å²) < 4.78 is 8.27. The van der Waals surface area contributed by atoms with Crippen LogP contribution in [0.5, 0.6) is 0 Å². The highest BCUT2D eigenvalue weighted by molar-refractivity contribution is 5.84. The molecule has 0 aromatic heterocycles. The van der Waals surface area contributed by atoms with Crippen molar-refractivity contribution < 1.29 is 26.3 Å². The van der Waals surface area contributed by atoms with Gasteiger partial charge in [-0.25, -0.2) is 0 Å². The number of hydrogen-bond donors (Lipinski definition) is 3. The lowest BCUT2D eigenvalue weighted by atomic mass is 9.83. The molecule has 2 rings (SSSR count). The van der Waals surface area contributed by atoms with Crippen LogP contribution < -0.4 is 0 Å². The maximum absolute atomic E-state index is 12.3. The first kappa shape index (κ1) is 20.8. The molecule has 0 amide bonds. The zero-order chi connectivity index (χ0) is 20.9. The maximum atomic E-state index is 12.3. The average Bonchev–Trinajstić information content (AvgIpc) is 3.35. The highest BCUT2D eigenvalue weighted by Gasteiger charge is 2.43. The smallest absolute Gasteiger partial charge is 0.306 e. The predicted molar refractivity (Wildman–Crippen MR) is 104 cm³/mol. The molecule has 156 valence electrons. The van der Waals surface area contributed by atoms with E-state index in [-0.39, 0.29) is 42.3 Å². The number of ketones is 1. The van der Waals surface area contributed by atoms with Crippen LogP contribution >= 0.6 is 0 Å². The molecular weight excluding hydrogens is 344 g/mol. The number of aliphatic hydroxyl groups excluding tert-OH is 1. The van der Waals surface area contributed by atoms with Crippen LogP contribution in [0.2, 0.25) is 0 Å². The third-order valence-corrected chi connectivity index (χ3v) is 6.71. The van der Waals surface area contributed by atoms with E-state index in [1.54, 1.807) is 0 Å². The standard InChI is InChI=1S/C22H38O5/c1-3-4-7-14(2)19(23)11-10-17-16(20(24)13-21(17)25)9-6-5-8-15-12-18(15)22(26)27/h14-19,21,23,25H,3-13H2,1-2H3,(H,26,27)/t14-,15-,16-,17-,18-,19-,21-/m1/s1/i19D. The Balaban J connectivity index is 1.77. The number of carboxylic acids is 1. The van der Waals surface area contributed by atoms with Crippen molar-refractivity contribution in [3.8, 4) is 0 Å². The molecule has 0 radical (unpaired) electrons. The Labute approximate surface area is 165 Å². The molecule has 0 heterocycles. The van der Waals surface area contributed by atoms with E-state index in [9.17, 15) is 19.8 Å². The number of rotatable bonds is 13. The second-order valence-electron chi connectivity index (χ2n) is 8.81. The highest BCUT2D eigenvalue weighted by Crippen LogP contribution is 2.43. The van der Waals surface area contributed by atoms with E-state index < -0.39 is 18.2 Å². The largest absolute Gasteiger partial charge is 0.481 e. The Morgan fingerprint density at radius 2 is 1.93 bits per heavy atom. The van der Waals surface area contributed by atoms with Crippen LogP contribution in [-0.4, -0.2) is 39.3 Å². The number of aliphatic hydroxyl groups is 2. The summed E-state index contributed by atoms with van der Waals surface area (Å²) in [5.41, 5.74) is 0. The van der Waals surface area contributed by atoms with Crippen molar-refractivity contribution >= 4 is 11.8 Å². The van der Waals surface area contributed by atoms with Crippen molar-refractivity contribution in [2.24, 2.45) is 29.6 Å². The molecule has 0 bridgehead atoms. The topological polar surface area (TPSA) is 94.8 Å². The van der Waals surface area contributed by atoms with E-state index in [2.05, 4.69) is 6.92 Å². The highest BCUT2D eigenvalue weighted by atomic mass is 16.4. The van der Waals surface area contributed by atoms with Gasteiger partial charge in [-0.3, -0.25) is 9.59 Å². The van der Waals surface area contributed by atoms with E-state index in [4.69, 9.17) is 6.48 Å². The molecule has 0 aromatic carbocycles. The van der Waals surface area contributed by atoms with E-state index in [0.29, 0.717) is 18.8 Å². The van der Waals surface area contributed by atoms with Crippen molar-refractivity contribution in [2.75, 3.05) is 0 Å². The van der Waals surface area contributed by atoms with Crippen molar-refractivity contribution in [3.63, 3.8) is 0 Å². The van der Waals surface area contributed by atoms with Gasteiger partial charge in [0, 0.05) is 12.3 Å². The second-order valence-corrected chi connectivity index (χ2v) is 8.81. The van der Waals surface area contributed by atoms with Crippen LogP contribution in [0.25, 0.3) is 0 Å². The van der Waals surface area contributed by atoms with Crippen molar-refractivity contribution in [1.82, 2.24) is 0 Å². The Hall–Kier alpha value is -0.940. The molecule has 0 unspecified atom stereocenters. The summed E-state index contributed by atoms with van der Waals surface area (Å²) >= 11 is 0. The van der Waals surface area contributed by atoms with Gasteiger partial charge in [0.05, 0.1) is 19.5 Å². The van der Waals surface area contributed by atoms with Crippen LogP contribution in [0, 0.1) is 29.6 Å². The Bertz CT molecular complexity index is 535. The minimum Gasteiger partial charge on any atom is -0.481 e. The number of carbonyl (C=O) groups is 2. The molecule has 27 heavy (non-hydrogen) atoms. The van der Waals surface area contributed by atoms with Gasteiger partial charge in [-0.15, -0.1) is 0 Å². The molecule has 5 heteroatoms. The zero-order valence-corrected chi connectivity index (χ0v) is 16.9. The fourth-order valence-electron chi connectivity index (χ4n) is 4.66. The van der Waals surface area contributed by atoms with E-state index >= 15 is 0 Å². The van der Waals surface area contributed by atoms with Gasteiger partial charge >= 0.3 is 5.97 Å². The average molecular weight is 384 g/mol. The number of carbonyl (C=O) groups excluding carboxylic acids is 1. The Morgan fingerprint density at radius 3 is 2.56 bits per heavy atom. The second kappa shape index (κ2) is 10.6. The predicted octanol–water partition coefficient (Wildman–Crippen LogP) is 3.80. The lowest BCUT2D eigenvalue weighted by Crippen LogP contribution is -2.25. The molecule has 0 saturated heterocycles. The minimum absolute atomic E-state index is 0.0971. The van der Waals surface area contributed by atoms with Crippen molar-refractivity contribution in [3.05, 3.63) is 0 Å². The van der Waals surface area contributed by atoms with Gasteiger partial charge in [0.1, 0.15) is 5.78 Å². The molecule has 0 aromatic rings. The first-order valence-electron chi connectivity index (χ1n) is 11.3. The number of carboxylic acid groups (broad SMARTS) is 1. The van der Waals surface area contributed by atoms with Crippen molar-refractivity contribution in [1.29, 1.82) is 0 Å². The van der Waals surface area contributed by atoms with Crippen LogP contribution in [0.3, 0.4) is 0 Å². The third kappa shape index (κ3) is 6.56. The molecule has 2 fully saturated rings. The fourth-order valence-corrected chi connectivity index (χ4v) is 4.66. The van der Waals surface area contributed by atoms with Crippen LogP contribution in [0.4, 0.5) is 0 Å². The normalized spacial score (nSPS) is 34.1. The summed E-state index contributed by atoms with van der Waals surface area (Å²) in [6, 6.07) is 0. The molecule has 2 aliphatic carbocycles. The van der Waals surface area contributed by atoms with Crippen molar-refractivity contribution in [2.45, 2.75) is 96.7 Å². The maximum Gasteiger partial charge on any atom is 0.306 e. The molecule has 2 saturated carbocycles. The van der Waals surface area contributed by atoms with E-state index in [1.165, 1.54) is 0 Å². The number of unbranched alkanes of at least 4 members (excludes halogenated alkanes) is 2. The van der Waals surface area contributed by atoms with Crippen LogP contribution in [0.15, 0.2) is 0 Å². The molecule has 7 atom stereocenters. The number of aliphatic carboxylic acids is 1. The summed E-state index contributed by atoms with van der Waals surface area (Å²) in [5.74, 6) is -0.967.